The number of Topliss-reactive ketones (excluding diaryl/α,β-unsaturated/α-hetero) is 1. The Labute approximate surface area is 512 Å². The van der Waals surface area contributed by atoms with Gasteiger partial charge < -0.3 is 16.0 Å². The van der Waals surface area contributed by atoms with Crippen LogP contribution in [0.4, 0.5) is 17.6 Å². The van der Waals surface area contributed by atoms with Crippen molar-refractivity contribution in [2.75, 3.05) is 13.2 Å². The van der Waals surface area contributed by atoms with E-state index in [1.54, 1.807) is 0 Å². The van der Waals surface area contributed by atoms with Crippen LogP contribution in [0.1, 0.15) is 79.5 Å². The molecule has 1 N–H and O–H groups in total. The van der Waals surface area contributed by atoms with Gasteiger partial charge in [0.25, 0.3) is 0 Å². The number of ketones is 1. The maximum Gasteiger partial charge on any atom is 1.00 e. The molecule has 0 aromatic heterocycles. The van der Waals surface area contributed by atoms with Crippen LogP contribution in [0, 0.1) is 46.3 Å². The zero-order valence-corrected chi connectivity index (χ0v) is 51.1. The first-order chi connectivity index (χ1) is 36.5. The number of ether oxygens (including phenoxy) is 2. The van der Waals surface area contributed by atoms with Gasteiger partial charge in [-0.25, -0.2) is 9.59 Å². The Morgan fingerprint density at radius 3 is 1.01 bits per heavy atom. The molecule has 0 aliphatic heterocycles. The number of carbonyl (C=O) groups excluding carboxylic acids is 3. The van der Waals surface area contributed by atoms with Gasteiger partial charge in [0.05, 0.1) is 41.1 Å². The SMILES string of the molecule is CC(F)(F)C(=O)OCC12CC3CC(C1)C(=O)C(C3)C2.CC(F)(F)C(=O)OCC12CC3CC(C1)C(O)C(C3)C2.I.[B].[H-].[Na+].c1ccc([S+](c2ccccc2)c2ccccc2)cc1.c1ccc([S+](c2ccccc2)c2ccccc2)cc1. The van der Waals surface area contributed by atoms with E-state index in [9.17, 15) is 37.1 Å². The first-order valence-corrected chi connectivity index (χ1v) is 29.0. The third-order valence-corrected chi connectivity index (χ3v) is 20.5. The molecule has 8 bridgehead atoms. The molecule has 15 heteroatoms. The standard InChI is InChI=1S/2C18H15S.C14H20F2O3.C14H18F2O3.B.HI.Na.H/c2*1-4-10-16(11-5-1)19(17-12-6-2-7-13-17)18-14-8-3-9-15-18;2*1-13(15,16)12(18)19-7-14-4-8-2-9(5-14)11(17)10(3-8)6-14;;;;/h2*1-15H;8-11,17H,2-7H2,1H3;8-10H,2-7H2,1H3;;1H;;/q2*+1;;;;;+1;-1. The van der Waals surface area contributed by atoms with Gasteiger partial charge in [0.1, 0.15) is 5.78 Å². The average molecular weight is 1240 g/mol. The summed E-state index contributed by atoms with van der Waals surface area (Å²) in [7, 11) is -0.0293. The predicted molar refractivity (Wildman–Crippen MR) is 311 cm³/mol. The minimum Gasteiger partial charge on any atom is -1.00 e. The van der Waals surface area contributed by atoms with Gasteiger partial charge in [0.2, 0.25) is 0 Å². The number of hydrogen-bond donors (Lipinski definition) is 1. The first-order valence-electron chi connectivity index (χ1n) is 26.6. The van der Waals surface area contributed by atoms with Gasteiger partial charge in [-0.05, 0) is 161 Å². The van der Waals surface area contributed by atoms with Crippen LogP contribution >= 0.6 is 24.0 Å². The van der Waals surface area contributed by atoms with Gasteiger partial charge in [-0.1, -0.05) is 109 Å². The molecular formula is C64H70BF4INaO6S2+2. The summed E-state index contributed by atoms with van der Waals surface area (Å²) < 4.78 is 60.9. The van der Waals surface area contributed by atoms with E-state index in [0.717, 1.165) is 51.4 Å². The van der Waals surface area contributed by atoms with Gasteiger partial charge in [-0.2, -0.15) is 17.6 Å². The van der Waals surface area contributed by atoms with E-state index in [1.807, 2.05) is 0 Å². The number of benzene rings is 6. The van der Waals surface area contributed by atoms with Gasteiger partial charge in [-0.15, -0.1) is 24.0 Å². The number of esters is 2. The number of hydrogen-bond acceptors (Lipinski definition) is 6. The Morgan fingerprint density at radius 1 is 0.494 bits per heavy atom. The fourth-order valence-corrected chi connectivity index (χ4v) is 17.5. The zero-order valence-electron chi connectivity index (χ0n) is 46.1. The molecule has 6 nitrogen and oxygen atoms in total. The summed E-state index contributed by atoms with van der Waals surface area (Å²) in [5, 5.41) is 10.1. The van der Waals surface area contributed by atoms with Crippen LogP contribution in [0.3, 0.4) is 0 Å². The quantitative estimate of drug-likeness (QED) is 0.0432. The van der Waals surface area contributed by atoms with Crippen molar-refractivity contribution >= 4 is 71.9 Å². The van der Waals surface area contributed by atoms with Crippen molar-refractivity contribution in [2.24, 2.45) is 46.3 Å². The molecule has 0 spiro atoms. The number of halogens is 5. The first kappa shape index (κ1) is 64.3. The Bertz CT molecular complexity index is 2530. The summed E-state index contributed by atoms with van der Waals surface area (Å²) in [6.07, 6.45) is 8.62. The summed E-state index contributed by atoms with van der Waals surface area (Å²) in [4.78, 5) is 42.5. The third-order valence-electron chi connectivity index (χ3n) is 16.1. The molecule has 0 heterocycles. The summed E-state index contributed by atoms with van der Waals surface area (Å²) >= 11 is 0. The monoisotopic (exact) mass is 1240 g/mol. The summed E-state index contributed by atoms with van der Waals surface area (Å²) in [5.74, 6) is -7.60. The van der Waals surface area contributed by atoms with Crippen LogP contribution in [0.2, 0.25) is 0 Å². The second-order valence-electron chi connectivity index (χ2n) is 22.1. The second-order valence-corrected chi connectivity index (χ2v) is 26.2. The van der Waals surface area contributed by atoms with Crippen molar-refractivity contribution in [3.8, 4) is 0 Å². The predicted octanol–water partition coefficient (Wildman–Crippen LogP) is 11.9. The van der Waals surface area contributed by atoms with Crippen molar-refractivity contribution in [3.63, 3.8) is 0 Å². The van der Waals surface area contributed by atoms with Crippen LogP contribution in [0.5, 0.6) is 0 Å². The van der Waals surface area contributed by atoms with Crippen LogP contribution < -0.4 is 29.6 Å². The molecule has 8 aliphatic carbocycles. The van der Waals surface area contributed by atoms with Crippen molar-refractivity contribution in [1.29, 1.82) is 0 Å². The zero-order chi connectivity index (χ0) is 53.5. The third kappa shape index (κ3) is 16.2. The number of alkyl halides is 4. The van der Waals surface area contributed by atoms with Crippen LogP contribution in [0.25, 0.3) is 0 Å². The number of carbonyl (C=O) groups is 3. The molecule has 79 heavy (non-hydrogen) atoms. The van der Waals surface area contributed by atoms with E-state index >= 15 is 0 Å². The van der Waals surface area contributed by atoms with E-state index in [4.69, 9.17) is 9.47 Å². The molecule has 8 aliphatic rings. The van der Waals surface area contributed by atoms with Crippen molar-refractivity contribution < 1.29 is 77.5 Å². The molecule has 4 atom stereocenters. The molecule has 14 rings (SSSR count). The van der Waals surface area contributed by atoms with Gasteiger partial charge >= 0.3 is 53.3 Å². The normalized spacial score (nSPS) is 25.5. The maximum atomic E-state index is 12.8. The summed E-state index contributed by atoms with van der Waals surface area (Å²) in [6.45, 7) is 1.26. The maximum absolute atomic E-state index is 12.8. The minimum atomic E-state index is -3.43. The molecule has 6 aromatic carbocycles. The molecular weight excluding hydrogens is 1170 g/mol. The van der Waals surface area contributed by atoms with Gasteiger partial charge in [0.15, 0.2) is 29.4 Å². The van der Waals surface area contributed by atoms with Crippen molar-refractivity contribution in [3.05, 3.63) is 182 Å². The van der Waals surface area contributed by atoms with E-state index in [-0.39, 0.29) is 139 Å². The fraction of sp³-hybridized carbons (Fsp3) is 0.391. The molecule has 8 saturated carbocycles. The molecule has 8 fully saturated rings. The topological polar surface area (TPSA) is 89.9 Å². The van der Waals surface area contributed by atoms with E-state index in [0.29, 0.717) is 44.3 Å². The minimum absolute atomic E-state index is 0. The molecule has 411 valence electrons. The van der Waals surface area contributed by atoms with E-state index in [2.05, 4.69) is 182 Å². The van der Waals surface area contributed by atoms with Crippen LogP contribution in [-0.2, 0) is 45.6 Å². The smallest absolute Gasteiger partial charge is 1.00 e. The summed E-state index contributed by atoms with van der Waals surface area (Å²) in [6, 6.07) is 64.3. The molecule has 6 aromatic rings. The molecule has 0 amide bonds. The Hall–Kier alpha value is -3.90. The van der Waals surface area contributed by atoms with Crippen molar-refractivity contribution in [1.82, 2.24) is 0 Å². The fourth-order valence-electron chi connectivity index (χ4n) is 13.3. The Balaban J connectivity index is 0.000000193. The Morgan fingerprint density at radius 2 is 0.747 bits per heavy atom. The molecule has 3 radical (unpaired) electrons. The van der Waals surface area contributed by atoms with Crippen LogP contribution in [-0.4, -0.2) is 62.4 Å². The van der Waals surface area contributed by atoms with Gasteiger partial charge in [0, 0.05) is 44.9 Å². The van der Waals surface area contributed by atoms with E-state index in [1.165, 1.54) is 29.4 Å². The van der Waals surface area contributed by atoms with Crippen LogP contribution in [0.15, 0.2) is 211 Å². The number of aliphatic hydroxyl groups is 1. The largest absolute Gasteiger partial charge is 1.00 e. The molecule has 4 unspecified atom stereocenters. The molecule has 0 saturated heterocycles. The second kappa shape index (κ2) is 28.4. The summed E-state index contributed by atoms with van der Waals surface area (Å²) in [5.41, 5.74) is -0.373. The van der Waals surface area contributed by atoms with Crippen molar-refractivity contribution in [2.45, 2.75) is 125 Å². The number of rotatable bonds is 12. The number of aliphatic hydroxyl groups excluding tert-OH is 1. The van der Waals surface area contributed by atoms with Gasteiger partial charge in [-0.3, -0.25) is 4.79 Å². The average Bonchev–Trinajstić information content (AvgIpc) is 3.48. The van der Waals surface area contributed by atoms with E-state index < -0.39 is 23.8 Å². The Kier molecular flexibility index (Phi) is 23.1.